The van der Waals surface area contributed by atoms with E-state index in [1.807, 2.05) is 0 Å². The van der Waals surface area contributed by atoms with E-state index in [1.54, 1.807) is 0 Å². The molecule has 0 aliphatic rings. The highest BCUT2D eigenvalue weighted by atomic mass is 32.2. The number of hydrogen-bond donors (Lipinski definition) is 2. The SMILES string of the molecule is N=Nc1cccc(S(N)(=O)=O)c1. The Kier molecular flexibility index (Phi) is 2.20. The number of nitrogens with zero attached hydrogens (tertiary/aromatic N) is 1. The highest BCUT2D eigenvalue weighted by Gasteiger charge is 2.06. The van der Waals surface area contributed by atoms with Gasteiger partial charge in [-0.05, 0) is 18.2 Å². The molecule has 0 saturated heterocycles. The predicted octanol–water partition coefficient (Wildman–Crippen LogP) is 0.996. The lowest BCUT2D eigenvalue weighted by Crippen LogP contribution is -2.11. The van der Waals surface area contributed by atoms with Gasteiger partial charge in [0.25, 0.3) is 0 Å². The second kappa shape index (κ2) is 3.00. The molecule has 0 unspecified atom stereocenters. The van der Waals surface area contributed by atoms with E-state index in [9.17, 15) is 8.42 Å². The summed E-state index contributed by atoms with van der Waals surface area (Å²) in [7, 11) is -3.68. The standard InChI is InChI=1S/C6H7N3O2S/c7-9-5-2-1-3-6(4-5)12(8,10)11/h1-4,7H,(H2,8,10,11). The molecule has 3 N–H and O–H groups in total. The van der Waals surface area contributed by atoms with Crippen molar-refractivity contribution >= 4 is 15.7 Å². The van der Waals surface area contributed by atoms with E-state index >= 15 is 0 Å². The Labute approximate surface area is 69.8 Å². The maximum absolute atomic E-state index is 10.8. The second-order valence-corrected chi connectivity index (χ2v) is 3.72. The summed E-state index contributed by atoms with van der Waals surface area (Å²) in [4.78, 5) is -0.0315. The van der Waals surface area contributed by atoms with E-state index in [0.717, 1.165) is 0 Å². The van der Waals surface area contributed by atoms with Crippen LogP contribution in [0.25, 0.3) is 0 Å². The van der Waals surface area contributed by atoms with E-state index in [1.165, 1.54) is 24.3 Å². The summed E-state index contributed by atoms with van der Waals surface area (Å²) in [5, 5.41) is 7.92. The molecule has 1 aromatic carbocycles. The Morgan fingerprint density at radius 2 is 2.08 bits per heavy atom. The summed E-state index contributed by atoms with van der Waals surface area (Å²) in [5.74, 6) is 0. The highest BCUT2D eigenvalue weighted by Crippen LogP contribution is 2.15. The van der Waals surface area contributed by atoms with E-state index in [4.69, 9.17) is 10.7 Å². The molecule has 0 saturated carbocycles. The third-order valence-electron chi connectivity index (χ3n) is 1.28. The molecule has 0 heterocycles. The first-order valence-electron chi connectivity index (χ1n) is 3.04. The van der Waals surface area contributed by atoms with Crippen molar-refractivity contribution in [3.8, 4) is 0 Å². The van der Waals surface area contributed by atoms with Gasteiger partial charge in [0.2, 0.25) is 10.0 Å². The number of nitrogens with two attached hydrogens (primary N) is 1. The summed E-state index contributed by atoms with van der Waals surface area (Å²) in [6.07, 6.45) is 0. The summed E-state index contributed by atoms with van der Waals surface area (Å²) in [5.41, 5.74) is 6.90. The van der Waals surface area contributed by atoms with Crippen LogP contribution in [0, 0.1) is 5.53 Å². The molecular weight excluding hydrogens is 178 g/mol. The van der Waals surface area contributed by atoms with Gasteiger partial charge < -0.3 is 0 Å². The fourth-order valence-electron chi connectivity index (χ4n) is 0.730. The van der Waals surface area contributed by atoms with Gasteiger partial charge in [0.15, 0.2) is 0 Å². The molecule has 0 aromatic heterocycles. The van der Waals surface area contributed by atoms with Crippen molar-refractivity contribution in [2.45, 2.75) is 4.90 Å². The van der Waals surface area contributed by atoms with Crippen molar-refractivity contribution in [1.82, 2.24) is 0 Å². The third kappa shape index (κ3) is 1.86. The lowest BCUT2D eigenvalue weighted by atomic mass is 10.3. The molecule has 12 heavy (non-hydrogen) atoms. The van der Waals surface area contributed by atoms with E-state index in [2.05, 4.69) is 5.11 Å². The lowest BCUT2D eigenvalue weighted by Gasteiger charge is -1.96. The molecule has 1 aromatic rings. The minimum Gasteiger partial charge on any atom is -0.225 e. The summed E-state index contributed by atoms with van der Waals surface area (Å²) >= 11 is 0. The average molecular weight is 185 g/mol. The number of rotatable bonds is 2. The fraction of sp³-hybridized carbons (Fsp3) is 0. The first-order chi connectivity index (χ1) is 5.54. The fourth-order valence-corrected chi connectivity index (χ4v) is 1.28. The number of primary sulfonamides is 1. The van der Waals surface area contributed by atoms with Crippen molar-refractivity contribution in [2.75, 3.05) is 0 Å². The average Bonchev–Trinajstić information content (AvgIpc) is 2.03. The summed E-state index contributed by atoms with van der Waals surface area (Å²) in [6, 6.07) is 5.58. The maximum Gasteiger partial charge on any atom is 0.238 e. The lowest BCUT2D eigenvalue weighted by molar-refractivity contribution is 0.598. The van der Waals surface area contributed by atoms with Gasteiger partial charge in [-0.2, -0.15) is 5.11 Å². The first kappa shape index (κ1) is 8.82. The van der Waals surface area contributed by atoms with Crippen LogP contribution >= 0.6 is 0 Å². The van der Waals surface area contributed by atoms with Gasteiger partial charge in [-0.25, -0.2) is 19.1 Å². The Bertz CT molecular complexity index is 399. The van der Waals surface area contributed by atoms with Crippen LogP contribution in [0.5, 0.6) is 0 Å². The van der Waals surface area contributed by atoms with Crippen molar-refractivity contribution in [1.29, 1.82) is 5.53 Å². The van der Waals surface area contributed by atoms with Crippen LogP contribution in [0.4, 0.5) is 5.69 Å². The molecule has 0 amide bonds. The molecule has 0 aliphatic heterocycles. The predicted molar refractivity (Wildman–Crippen MR) is 42.6 cm³/mol. The maximum atomic E-state index is 10.8. The zero-order chi connectivity index (χ0) is 9.19. The highest BCUT2D eigenvalue weighted by molar-refractivity contribution is 7.89. The monoisotopic (exact) mass is 185 g/mol. The Hall–Kier alpha value is -1.27. The first-order valence-corrected chi connectivity index (χ1v) is 4.59. The molecule has 0 spiro atoms. The van der Waals surface area contributed by atoms with Crippen LogP contribution in [-0.2, 0) is 10.0 Å². The van der Waals surface area contributed by atoms with Crippen LogP contribution in [0.2, 0.25) is 0 Å². The zero-order valence-corrected chi connectivity index (χ0v) is 6.88. The summed E-state index contributed by atoms with van der Waals surface area (Å²) in [6.45, 7) is 0. The van der Waals surface area contributed by atoms with Gasteiger partial charge in [-0.15, -0.1) is 0 Å². The molecule has 0 radical (unpaired) electrons. The Morgan fingerprint density at radius 3 is 2.58 bits per heavy atom. The number of nitrogens with one attached hydrogen (secondary N) is 1. The minimum atomic E-state index is -3.68. The molecule has 0 bridgehead atoms. The van der Waals surface area contributed by atoms with Gasteiger partial charge in [-0.1, -0.05) is 6.07 Å². The number of benzene rings is 1. The van der Waals surface area contributed by atoms with Gasteiger partial charge in [0.1, 0.15) is 0 Å². The third-order valence-corrected chi connectivity index (χ3v) is 2.19. The van der Waals surface area contributed by atoms with Crippen LogP contribution in [-0.4, -0.2) is 8.42 Å². The molecule has 6 heteroatoms. The van der Waals surface area contributed by atoms with Crippen LogP contribution in [0.3, 0.4) is 0 Å². The number of hydrogen-bond acceptors (Lipinski definition) is 4. The summed E-state index contributed by atoms with van der Waals surface area (Å²) < 4.78 is 21.6. The van der Waals surface area contributed by atoms with E-state index in [0.29, 0.717) is 0 Å². The van der Waals surface area contributed by atoms with Gasteiger partial charge >= 0.3 is 0 Å². The Morgan fingerprint density at radius 1 is 1.42 bits per heavy atom. The van der Waals surface area contributed by atoms with Crippen LogP contribution < -0.4 is 5.14 Å². The van der Waals surface area contributed by atoms with Crippen molar-refractivity contribution in [2.24, 2.45) is 10.3 Å². The topological polar surface area (TPSA) is 96.4 Å². The largest absolute Gasteiger partial charge is 0.238 e. The van der Waals surface area contributed by atoms with Gasteiger partial charge in [0.05, 0.1) is 10.6 Å². The molecule has 0 atom stereocenters. The van der Waals surface area contributed by atoms with Crippen LogP contribution in [0.15, 0.2) is 34.3 Å². The molecule has 5 nitrogen and oxygen atoms in total. The van der Waals surface area contributed by atoms with Crippen molar-refractivity contribution in [3.05, 3.63) is 24.3 Å². The minimum absolute atomic E-state index is 0.0315. The smallest absolute Gasteiger partial charge is 0.225 e. The van der Waals surface area contributed by atoms with Gasteiger partial charge in [-0.3, -0.25) is 0 Å². The quantitative estimate of drug-likeness (QED) is 0.672. The van der Waals surface area contributed by atoms with Gasteiger partial charge in [0, 0.05) is 0 Å². The molecule has 0 fully saturated rings. The van der Waals surface area contributed by atoms with Crippen molar-refractivity contribution in [3.63, 3.8) is 0 Å². The molecule has 64 valence electrons. The molecule has 1 rings (SSSR count). The zero-order valence-electron chi connectivity index (χ0n) is 6.06. The molecule has 0 aliphatic carbocycles. The number of sulfonamides is 1. The van der Waals surface area contributed by atoms with E-state index in [-0.39, 0.29) is 10.6 Å². The van der Waals surface area contributed by atoms with Crippen molar-refractivity contribution < 1.29 is 8.42 Å². The second-order valence-electron chi connectivity index (χ2n) is 2.15. The normalized spacial score (nSPS) is 11.1. The van der Waals surface area contributed by atoms with E-state index < -0.39 is 10.0 Å². The molecular formula is C6H7N3O2S. The Balaban J connectivity index is 3.29. The van der Waals surface area contributed by atoms with Crippen LogP contribution in [0.1, 0.15) is 0 Å².